The molecule has 0 amide bonds. The molecule has 7 nitrogen and oxygen atoms in total. The van der Waals surface area contributed by atoms with Crippen LogP contribution in [0.15, 0.2) is 28.6 Å². The lowest BCUT2D eigenvalue weighted by Gasteiger charge is -2.34. The highest BCUT2D eigenvalue weighted by atomic mass is 32.2. The highest BCUT2D eigenvalue weighted by molar-refractivity contribution is 7.91. The van der Waals surface area contributed by atoms with Crippen LogP contribution < -0.4 is 15.4 Å². The Morgan fingerprint density at radius 1 is 1.42 bits per heavy atom. The van der Waals surface area contributed by atoms with Gasteiger partial charge in [-0.3, -0.25) is 0 Å². The number of hydrogen-bond acceptors (Lipinski definition) is 7. The Labute approximate surface area is 155 Å². The van der Waals surface area contributed by atoms with Gasteiger partial charge in [0, 0.05) is 24.3 Å². The van der Waals surface area contributed by atoms with Crippen LogP contribution in [0.5, 0.6) is 0 Å². The second-order valence-electron chi connectivity index (χ2n) is 6.32. The normalized spacial score (nSPS) is 17.3. The van der Waals surface area contributed by atoms with Crippen LogP contribution in [0.25, 0.3) is 0 Å². The Morgan fingerprint density at radius 3 is 2.73 bits per heavy atom. The van der Waals surface area contributed by atoms with Crippen LogP contribution in [0.3, 0.4) is 0 Å². The van der Waals surface area contributed by atoms with Gasteiger partial charge in [0.1, 0.15) is 5.82 Å². The molecule has 1 saturated heterocycles. The van der Waals surface area contributed by atoms with Crippen molar-refractivity contribution in [2.75, 3.05) is 23.3 Å². The zero-order valence-electron chi connectivity index (χ0n) is 14.2. The van der Waals surface area contributed by atoms with Gasteiger partial charge in [0.15, 0.2) is 9.34 Å². The third kappa shape index (κ3) is 4.32. The highest BCUT2D eigenvalue weighted by Gasteiger charge is 2.22. The molecule has 1 aliphatic rings. The second-order valence-corrected chi connectivity index (χ2v) is 9.14. The third-order valence-corrected chi connectivity index (χ3v) is 6.70. The number of nitrogens with two attached hydrogens (primary N) is 1. The van der Waals surface area contributed by atoms with Crippen LogP contribution >= 0.6 is 11.3 Å². The first-order valence-electron chi connectivity index (χ1n) is 8.21. The molecule has 3 rings (SSSR count). The zero-order valence-corrected chi connectivity index (χ0v) is 15.9. The number of anilines is 2. The fraction of sp³-hybridized carbons (Fsp3) is 0.438. The number of piperidine rings is 1. The number of aromatic nitrogens is 1. The lowest BCUT2D eigenvalue weighted by molar-refractivity contribution is 0.145. The van der Waals surface area contributed by atoms with Gasteiger partial charge in [0.05, 0.1) is 18.3 Å². The van der Waals surface area contributed by atoms with Crippen LogP contribution in [0, 0.1) is 5.82 Å². The Bertz CT molecular complexity index is 879. The zero-order chi connectivity index (χ0) is 18.9. The molecule has 1 unspecified atom stereocenters. The van der Waals surface area contributed by atoms with Gasteiger partial charge in [-0.1, -0.05) is 11.3 Å². The van der Waals surface area contributed by atoms with Crippen LogP contribution in [0.4, 0.5) is 15.2 Å². The van der Waals surface area contributed by atoms with Gasteiger partial charge in [0.2, 0.25) is 10.0 Å². The summed E-state index contributed by atoms with van der Waals surface area (Å²) >= 11 is 0.933. The van der Waals surface area contributed by atoms with E-state index >= 15 is 0 Å². The minimum atomic E-state index is -3.80. The standard InChI is InChI=1S/C16H21FN4O3S2/c1-10(20-16-19-9-15(25-16)26(18,23)24)13-8-11(17)2-3-14(13)21-6-4-12(22)5-7-21/h2-3,8-10,12,22H,4-7H2,1H3,(H,19,20)(H2,18,23,24). The average Bonchev–Trinajstić information content (AvgIpc) is 3.04. The molecule has 0 saturated carbocycles. The van der Waals surface area contributed by atoms with E-state index in [-0.39, 0.29) is 22.2 Å². The first kappa shape index (κ1) is 19.0. The predicted octanol–water partition coefficient (Wildman–Crippen LogP) is 2.06. The van der Waals surface area contributed by atoms with Crippen molar-refractivity contribution < 1.29 is 17.9 Å². The number of thiazole rings is 1. The topological polar surface area (TPSA) is 109 Å². The van der Waals surface area contributed by atoms with Gasteiger partial charge >= 0.3 is 0 Å². The van der Waals surface area contributed by atoms with E-state index in [4.69, 9.17) is 5.14 Å². The maximum Gasteiger partial charge on any atom is 0.249 e. The Morgan fingerprint density at radius 2 is 2.12 bits per heavy atom. The molecule has 0 spiro atoms. The molecule has 1 aromatic heterocycles. The summed E-state index contributed by atoms with van der Waals surface area (Å²) in [4.78, 5) is 6.15. The summed E-state index contributed by atoms with van der Waals surface area (Å²) < 4.78 is 36.6. The number of primary sulfonamides is 1. The first-order valence-corrected chi connectivity index (χ1v) is 10.6. The highest BCUT2D eigenvalue weighted by Crippen LogP contribution is 2.33. The molecule has 142 valence electrons. The minimum Gasteiger partial charge on any atom is -0.393 e. The van der Waals surface area contributed by atoms with Crippen LogP contribution in [0.2, 0.25) is 0 Å². The molecule has 1 atom stereocenters. The average molecular weight is 401 g/mol. The van der Waals surface area contributed by atoms with Crippen molar-refractivity contribution in [3.8, 4) is 0 Å². The SMILES string of the molecule is CC(Nc1ncc(S(N)(=O)=O)s1)c1cc(F)ccc1N1CCC(O)CC1. The van der Waals surface area contributed by atoms with Crippen molar-refractivity contribution in [2.45, 2.75) is 36.1 Å². The molecule has 2 heterocycles. The van der Waals surface area contributed by atoms with Gasteiger partial charge in [-0.25, -0.2) is 22.9 Å². The van der Waals surface area contributed by atoms with Gasteiger partial charge in [0.25, 0.3) is 0 Å². The number of aliphatic hydroxyl groups is 1. The van der Waals surface area contributed by atoms with Gasteiger partial charge < -0.3 is 15.3 Å². The summed E-state index contributed by atoms with van der Waals surface area (Å²) in [6.45, 7) is 3.24. The van der Waals surface area contributed by atoms with E-state index < -0.39 is 10.0 Å². The number of aliphatic hydroxyl groups excluding tert-OH is 1. The molecule has 10 heteroatoms. The van der Waals surface area contributed by atoms with Crippen LogP contribution in [-0.2, 0) is 10.0 Å². The molecule has 26 heavy (non-hydrogen) atoms. The van der Waals surface area contributed by atoms with Crippen molar-refractivity contribution in [1.82, 2.24) is 4.98 Å². The first-order chi connectivity index (χ1) is 12.2. The summed E-state index contributed by atoms with van der Waals surface area (Å²) in [6, 6.07) is 4.32. The molecule has 1 fully saturated rings. The number of hydrogen-bond donors (Lipinski definition) is 3. The van der Waals surface area contributed by atoms with E-state index in [1.54, 1.807) is 6.07 Å². The molecule has 1 aromatic carbocycles. The van der Waals surface area contributed by atoms with E-state index in [0.717, 1.165) is 22.6 Å². The number of nitrogens with one attached hydrogen (secondary N) is 1. The molecule has 4 N–H and O–H groups in total. The number of rotatable bonds is 5. The predicted molar refractivity (Wildman–Crippen MR) is 99.4 cm³/mol. The van der Waals surface area contributed by atoms with Crippen molar-refractivity contribution >= 4 is 32.2 Å². The van der Waals surface area contributed by atoms with E-state index in [9.17, 15) is 17.9 Å². The lowest BCUT2D eigenvalue weighted by atomic mass is 10.0. The number of sulfonamides is 1. The molecular weight excluding hydrogens is 379 g/mol. The van der Waals surface area contributed by atoms with E-state index in [0.29, 0.717) is 31.1 Å². The molecular formula is C16H21FN4O3S2. The van der Waals surface area contributed by atoms with Crippen LogP contribution in [0.1, 0.15) is 31.4 Å². The molecule has 2 aromatic rings. The maximum atomic E-state index is 13.8. The molecule has 1 aliphatic heterocycles. The fourth-order valence-electron chi connectivity index (χ4n) is 2.99. The monoisotopic (exact) mass is 400 g/mol. The minimum absolute atomic E-state index is 0.0308. The van der Waals surface area contributed by atoms with Gasteiger partial charge in [-0.05, 0) is 38.0 Å². The Kier molecular flexibility index (Phi) is 5.47. The summed E-state index contributed by atoms with van der Waals surface area (Å²) in [5, 5.41) is 18.3. The van der Waals surface area contributed by atoms with E-state index in [1.807, 2.05) is 6.92 Å². The summed E-state index contributed by atoms with van der Waals surface area (Å²) in [6.07, 6.45) is 2.25. The van der Waals surface area contributed by atoms with Crippen molar-refractivity contribution in [3.63, 3.8) is 0 Å². The molecule has 0 bridgehead atoms. The van der Waals surface area contributed by atoms with Crippen molar-refractivity contribution in [1.29, 1.82) is 0 Å². The lowest BCUT2D eigenvalue weighted by Crippen LogP contribution is -2.36. The number of nitrogens with zero attached hydrogens (tertiary/aromatic N) is 2. The number of halogens is 1. The molecule has 0 aliphatic carbocycles. The summed E-state index contributed by atoms with van der Waals surface area (Å²) in [5.41, 5.74) is 1.63. The largest absolute Gasteiger partial charge is 0.393 e. The van der Waals surface area contributed by atoms with E-state index in [2.05, 4.69) is 15.2 Å². The fourth-order valence-corrected chi connectivity index (χ4v) is 4.53. The third-order valence-electron chi connectivity index (χ3n) is 4.37. The molecule has 0 radical (unpaired) electrons. The smallest absolute Gasteiger partial charge is 0.249 e. The van der Waals surface area contributed by atoms with Crippen LogP contribution in [-0.4, -0.2) is 37.7 Å². The van der Waals surface area contributed by atoms with E-state index in [1.165, 1.54) is 18.3 Å². The number of benzene rings is 1. The quantitative estimate of drug-likeness (QED) is 0.709. The summed E-state index contributed by atoms with van der Waals surface area (Å²) in [5.74, 6) is -0.348. The summed E-state index contributed by atoms with van der Waals surface area (Å²) in [7, 11) is -3.80. The van der Waals surface area contributed by atoms with Gasteiger partial charge in [-0.2, -0.15) is 0 Å². The second kappa shape index (κ2) is 7.47. The Balaban J connectivity index is 1.83. The maximum absolute atomic E-state index is 13.8. The van der Waals surface area contributed by atoms with Crippen molar-refractivity contribution in [3.05, 3.63) is 35.8 Å². The van der Waals surface area contributed by atoms with Gasteiger partial charge in [-0.15, -0.1) is 0 Å². The Hall–Kier alpha value is -1.75. The van der Waals surface area contributed by atoms with Crippen molar-refractivity contribution in [2.24, 2.45) is 5.14 Å².